The lowest BCUT2D eigenvalue weighted by Gasteiger charge is -2.17. The highest BCUT2D eigenvalue weighted by molar-refractivity contribution is 5.98. The number of carbonyl (C=O) groups excluding carboxylic acids is 1. The maximum atomic E-state index is 12.0. The van der Waals surface area contributed by atoms with Crippen LogP contribution in [0.5, 0.6) is 0 Å². The van der Waals surface area contributed by atoms with Gasteiger partial charge in [0.15, 0.2) is 5.78 Å². The second-order valence-electron chi connectivity index (χ2n) is 6.10. The molecule has 2 heteroatoms. The minimum absolute atomic E-state index is 0.0707. The molecule has 0 aliphatic rings. The van der Waals surface area contributed by atoms with E-state index in [1.807, 2.05) is 32.0 Å². The summed E-state index contributed by atoms with van der Waals surface area (Å²) in [7, 11) is 0. The van der Waals surface area contributed by atoms with Crippen LogP contribution in [0.4, 0.5) is 0 Å². The molecule has 0 saturated heterocycles. The summed E-state index contributed by atoms with van der Waals surface area (Å²) in [5.41, 5.74) is 3.23. The van der Waals surface area contributed by atoms with Gasteiger partial charge in [-0.3, -0.25) is 4.79 Å². The molecule has 0 saturated carbocycles. The number of ketones is 1. The molecule has 0 atom stereocenters. The fourth-order valence-corrected chi connectivity index (χ4v) is 1.75. The van der Waals surface area contributed by atoms with E-state index in [1.165, 1.54) is 5.56 Å². The molecule has 0 unspecified atom stereocenters. The van der Waals surface area contributed by atoms with E-state index in [-0.39, 0.29) is 17.8 Å². The largest absolute Gasteiger partial charge is 0.373 e. The van der Waals surface area contributed by atoms with Crippen LogP contribution in [0.1, 0.15) is 48.7 Å². The predicted octanol–water partition coefficient (Wildman–Crippen LogP) is 3.94. The average Bonchev–Trinajstić information content (AvgIpc) is 2.22. The van der Waals surface area contributed by atoms with Gasteiger partial charge in [-0.15, -0.1) is 0 Å². The van der Waals surface area contributed by atoms with E-state index < -0.39 is 0 Å². The maximum Gasteiger partial charge on any atom is 0.188 e. The van der Waals surface area contributed by atoms with Gasteiger partial charge in [0.25, 0.3) is 0 Å². The fourth-order valence-electron chi connectivity index (χ4n) is 1.75. The first-order chi connectivity index (χ1) is 8.29. The van der Waals surface area contributed by atoms with Crippen molar-refractivity contribution in [1.82, 2.24) is 0 Å². The Morgan fingerprint density at radius 1 is 1.22 bits per heavy atom. The van der Waals surface area contributed by atoms with E-state index >= 15 is 0 Å². The van der Waals surface area contributed by atoms with Crippen molar-refractivity contribution in [3.8, 4) is 0 Å². The third kappa shape index (κ3) is 5.01. The molecule has 1 aromatic rings. The van der Waals surface area contributed by atoms with Gasteiger partial charge < -0.3 is 4.74 Å². The van der Waals surface area contributed by atoms with Crippen LogP contribution in [0.15, 0.2) is 18.2 Å². The third-order valence-electron chi connectivity index (χ3n) is 2.91. The third-order valence-corrected chi connectivity index (χ3v) is 2.91. The lowest BCUT2D eigenvalue weighted by Crippen LogP contribution is -2.15. The first kappa shape index (κ1) is 14.9. The molecule has 0 heterocycles. The summed E-state index contributed by atoms with van der Waals surface area (Å²) < 4.78 is 5.46. The Hall–Kier alpha value is -1.15. The molecule has 2 nitrogen and oxygen atoms in total. The van der Waals surface area contributed by atoms with Crippen LogP contribution >= 0.6 is 0 Å². The number of aryl methyl sites for hydroxylation is 2. The first-order valence-corrected chi connectivity index (χ1v) is 6.48. The molecule has 0 spiro atoms. The molecular weight excluding hydrogens is 224 g/mol. The lowest BCUT2D eigenvalue weighted by molar-refractivity contribution is 0.0705. The molecule has 1 aromatic carbocycles. The summed E-state index contributed by atoms with van der Waals surface area (Å²) >= 11 is 0. The van der Waals surface area contributed by atoms with Gasteiger partial charge >= 0.3 is 0 Å². The Morgan fingerprint density at radius 3 is 2.44 bits per heavy atom. The monoisotopic (exact) mass is 248 g/mol. The smallest absolute Gasteiger partial charge is 0.188 e. The average molecular weight is 248 g/mol. The van der Waals surface area contributed by atoms with Crippen LogP contribution < -0.4 is 0 Å². The van der Waals surface area contributed by atoms with Gasteiger partial charge in [0.2, 0.25) is 0 Å². The molecule has 0 amide bonds. The van der Waals surface area contributed by atoms with E-state index in [9.17, 15) is 4.79 Å². The van der Waals surface area contributed by atoms with Gasteiger partial charge in [0, 0.05) is 12.2 Å². The van der Waals surface area contributed by atoms with Crippen molar-refractivity contribution in [1.29, 1.82) is 0 Å². The summed E-state index contributed by atoms with van der Waals surface area (Å²) in [4.78, 5) is 12.0. The second-order valence-corrected chi connectivity index (χ2v) is 6.10. The molecule has 100 valence electrons. The second kappa shape index (κ2) is 6.14. The van der Waals surface area contributed by atoms with Crippen molar-refractivity contribution in [2.45, 2.75) is 41.0 Å². The maximum absolute atomic E-state index is 12.0. The van der Waals surface area contributed by atoms with Gasteiger partial charge in [0.1, 0.15) is 6.61 Å². The molecule has 0 aliphatic carbocycles. The quantitative estimate of drug-likeness (QED) is 0.583. The summed E-state index contributed by atoms with van der Waals surface area (Å²) in [6.07, 6.45) is 0.965. The first-order valence-electron chi connectivity index (χ1n) is 6.48. The van der Waals surface area contributed by atoms with Crippen molar-refractivity contribution in [2.75, 3.05) is 13.2 Å². The van der Waals surface area contributed by atoms with Gasteiger partial charge in [-0.1, -0.05) is 44.5 Å². The summed E-state index contributed by atoms with van der Waals surface area (Å²) in [5, 5.41) is 0. The number of rotatable bonds is 5. The van der Waals surface area contributed by atoms with Crippen molar-refractivity contribution in [3.05, 3.63) is 34.9 Å². The van der Waals surface area contributed by atoms with Crippen LogP contribution in [0.25, 0.3) is 0 Å². The minimum atomic E-state index is 0.0707. The van der Waals surface area contributed by atoms with Crippen molar-refractivity contribution < 1.29 is 9.53 Å². The molecule has 0 N–H and O–H groups in total. The summed E-state index contributed by atoms with van der Waals surface area (Å²) in [6, 6.07) is 5.89. The zero-order chi connectivity index (χ0) is 13.8. The van der Waals surface area contributed by atoms with E-state index in [0.29, 0.717) is 6.61 Å². The Balaban J connectivity index is 2.46. The number of hydrogen-bond donors (Lipinski definition) is 0. The Kier molecular flexibility index (Phi) is 5.09. The van der Waals surface area contributed by atoms with Crippen molar-refractivity contribution >= 4 is 5.78 Å². The van der Waals surface area contributed by atoms with E-state index in [0.717, 1.165) is 17.5 Å². The summed E-state index contributed by atoms with van der Waals surface area (Å²) in [6.45, 7) is 11.3. The lowest BCUT2D eigenvalue weighted by atomic mass is 9.93. The number of benzene rings is 1. The topological polar surface area (TPSA) is 26.3 Å². The van der Waals surface area contributed by atoms with Crippen LogP contribution in [0.2, 0.25) is 0 Å². The molecule has 0 fully saturated rings. The zero-order valence-electron chi connectivity index (χ0n) is 12.2. The molecule has 18 heavy (non-hydrogen) atoms. The number of ether oxygens (including phenoxy) is 1. The molecule has 0 aromatic heterocycles. The Bertz CT molecular complexity index is 414. The molecule has 1 rings (SSSR count). The standard InChI is InChI=1S/C16H24O2/c1-12-6-7-14(13(2)10-12)15(17)11-18-9-8-16(3,4)5/h6-7,10H,8-9,11H2,1-5H3. The predicted molar refractivity (Wildman–Crippen MR) is 75.1 cm³/mol. The number of carbonyl (C=O) groups is 1. The molecule has 0 bridgehead atoms. The van der Waals surface area contributed by atoms with Crippen LogP contribution in [-0.4, -0.2) is 19.0 Å². The van der Waals surface area contributed by atoms with Gasteiger partial charge in [-0.2, -0.15) is 0 Å². The van der Waals surface area contributed by atoms with E-state index in [2.05, 4.69) is 20.8 Å². The van der Waals surface area contributed by atoms with Crippen LogP contribution in [0, 0.1) is 19.3 Å². The van der Waals surface area contributed by atoms with Crippen molar-refractivity contribution in [3.63, 3.8) is 0 Å². The highest BCUT2D eigenvalue weighted by atomic mass is 16.5. The normalized spacial score (nSPS) is 11.6. The summed E-state index contributed by atoms with van der Waals surface area (Å²) in [5.74, 6) is 0.0707. The van der Waals surface area contributed by atoms with Gasteiger partial charge in [0.05, 0.1) is 0 Å². The van der Waals surface area contributed by atoms with Gasteiger partial charge in [-0.25, -0.2) is 0 Å². The zero-order valence-corrected chi connectivity index (χ0v) is 12.2. The van der Waals surface area contributed by atoms with Crippen molar-refractivity contribution in [2.24, 2.45) is 5.41 Å². The highest BCUT2D eigenvalue weighted by Crippen LogP contribution is 2.18. The minimum Gasteiger partial charge on any atom is -0.373 e. The molecular formula is C16H24O2. The van der Waals surface area contributed by atoms with Gasteiger partial charge in [-0.05, 0) is 31.2 Å². The van der Waals surface area contributed by atoms with E-state index in [1.54, 1.807) is 0 Å². The van der Waals surface area contributed by atoms with Crippen LogP contribution in [0.3, 0.4) is 0 Å². The number of Topliss-reactive ketones (excluding diaryl/α,β-unsaturated/α-hetero) is 1. The van der Waals surface area contributed by atoms with Crippen LogP contribution in [-0.2, 0) is 4.74 Å². The SMILES string of the molecule is Cc1ccc(C(=O)COCCC(C)(C)C)c(C)c1. The Labute approximate surface area is 110 Å². The highest BCUT2D eigenvalue weighted by Gasteiger charge is 2.12. The number of hydrogen-bond acceptors (Lipinski definition) is 2. The Morgan fingerprint density at radius 2 is 1.89 bits per heavy atom. The molecule has 0 radical (unpaired) electrons. The fraction of sp³-hybridized carbons (Fsp3) is 0.562. The van der Waals surface area contributed by atoms with E-state index in [4.69, 9.17) is 4.74 Å². The molecule has 0 aliphatic heterocycles.